The molecule has 20 heavy (non-hydrogen) atoms. The summed E-state index contributed by atoms with van der Waals surface area (Å²) in [6.07, 6.45) is 1.72. The Bertz CT molecular complexity index is 403. The minimum atomic E-state index is -0.920. The average Bonchev–Trinajstić information content (AvgIpc) is 2.71. The van der Waals surface area contributed by atoms with Crippen molar-refractivity contribution in [2.75, 3.05) is 13.1 Å². The number of hydrogen-bond acceptors (Lipinski definition) is 4. The second-order valence-electron chi connectivity index (χ2n) is 6.67. The summed E-state index contributed by atoms with van der Waals surface area (Å²) in [6, 6.07) is 0. The summed E-state index contributed by atoms with van der Waals surface area (Å²) in [5, 5.41) is 9.02. The maximum atomic E-state index is 12.1. The molecule has 0 aliphatic carbocycles. The fraction of sp³-hybridized carbons (Fsp3) is 0.857. The van der Waals surface area contributed by atoms with Crippen LogP contribution in [-0.2, 0) is 14.3 Å². The topological polar surface area (TPSA) is 76.1 Å². The molecule has 2 aliphatic heterocycles. The first-order chi connectivity index (χ1) is 9.21. The third-order valence-electron chi connectivity index (χ3n) is 3.72. The molecule has 1 unspecified atom stereocenters. The Morgan fingerprint density at radius 3 is 2.60 bits per heavy atom. The largest absolute Gasteiger partial charge is 0.479 e. The first-order valence-electron chi connectivity index (χ1n) is 7.09. The van der Waals surface area contributed by atoms with Gasteiger partial charge in [0.25, 0.3) is 0 Å². The van der Waals surface area contributed by atoms with Crippen molar-refractivity contribution in [1.29, 1.82) is 0 Å². The van der Waals surface area contributed by atoms with Crippen molar-refractivity contribution in [1.82, 2.24) is 4.90 Å². The molecule has 0 aromatic heterocycles. The van der Waals surface area contributed by atoms with Crippen LogP contribution in [0.1, 0.15) is 46.5 Å². The molecule has 2 saturated heterocycles. The Morgan fingerprint density at radius 2 is 2.05 bits per heavy atom. The maximum absolute atomic E-state index is 12.1. The summed E-state index contributed by atoms with van der Waals surface area (Å²) in [7, 11) is 0. The monoisotopic (exact) mass is 285 g/mol. The highest BCUT2D eigenvalue weighted by atomic mass is 16.6. The highest BCUT2D eigenvalue weighted by Gasteiger charge is 2.46. The van der Waals surface area contributed by atoms with E-state index in [4.69, 9.17) is 14.6 Å². The molecular formula is C14H23NO5. The fourth-order valence-corrected chi connectivity index (χ4v) is 2.87. The van der Waals surface area contributed by atoms with Gasteiger partial charge in [0.15, 0.2) is 6.10 Å². The number of carboxylic acids is 1. The van der Waals surface area contributed by atoms with Gasteiger partial charge in [-0.15, -0.1) is 0 Å². The van der Waals surface area contributed by atoms with Gasteiger partial charge in [-0.3, -0.25) is 0 Å². The van der Waals surface area contributed by atoms with Crippen molar-refractivity contribution in [3.8, 4) is 0 Å². The lowest BCUT2D eigenvalue weighted by Crippen LogP contribution is -2.51. The Hall–Kier alpha value is -1.30. The number of aliphatic carboxylic acids is 1. The molecule has 2 atom stereocenters. The molecule has 0 aromatic rings. The van der Waals surface area contributed by atoms with Crippen LogP contribution in [0.2, 0.25) is 0 Å². The molecule has 2 fully saturated rings. The number of carbonyl (C=O) groups is 2. The van der Waals surface area contributed by atoms with Crippen molar-refractivity contribution in [3.63, 3.8) is 0 Å². The lowest BCUT2D eigenvalue weighted by Gasteiger charge is -2.40. The minimum absolute atomic E-state index is 0.348. The van der Waals surface area contributed by atoms with Crippen LogP contribution >= 0.6 is 0 Å². The van der Waals surface area contributed by atoms with Crippen LogP contribution < -0.4 is 0 Å². The van der Waals surface area contributed by atoms with Crippen LogP contribution in [0, 0.1) is 0 Å². The predicted octanol–water partition coefficient (Wildman–Crippen LogP) is 2.02. The number of carboxylic acid groups (broad SMARTS) is 1. The first kappa shape index (κ1) is 15.1. The van der Waals surface area contributed by atoms with E-state index in [0.717, 1.165) is 12.8 Å². The van der Waals surface area contributed by atoms with Crippen LogP contribution in [0.4, 0.5) is 4.79 Å². The molecule has 0 saturated carbocycles. The third kappa shape index (κ3) is 3.42. The molecular weight excluding hydrogens is 262 g/mol. The van der Waals surface area contributed by atoms with E-state index < -0.39 is 23.3 Å². The van der Waals surface area contributed by atoms with E-state index >= 15 is 0 Å². The Morgan fingerprint density at radius 1 is 1.35 bits per heavy atom. The van der Waals surface area contributed by atoms with Crippen LogP contribution in [-0.4, -0.2) is 52.5 Å². The summed E-state index contributed by atoms with van der Waals surface area (Å²) in [4.78, 5) is 24.7. The summed E-state index contributed by atoms with van der Waals surface area (Å²) in [5.74, 6) is -0.920. The third-order valence-corrected chi connectivity index (χ3v) is 3.72. The summed E-state index contributed by atoms with van der Waals surface area (Å²) < 4.78 is 11.1. The lowest BCUT2D eigenvalue weighted by atomic mass is 9.90. The second kappa shape index (κ2) is 5.24. The van der Waals surface area contributed by atoms with Gasteiger partial charge in [-0.2, -0.15) is 0 Å². The molecule has 1 amide bonds. The predicted molar refractivity (Wildman–Crippen MR) is 71.5 cm³/mol. The van der Waals surface area contributed by atoms with Crippen molar-refractivity contribution < 1.29 is 24.2 Å². The highest BCUT2D eigenvalue weighted by Crippen LogP contribution is 2.38. The number of carbonyl (C=O) groups excluding carboxylic acids is 1. The van der Waals surface area contributed by atoms with E-state index in [1.54, 1.807) is 4.90 Å². The van der Waals surface area contributed by atoms with E-state index in [-0.39, 0.29) is 6.09 Å². The molecule has 2 rings (SSSR count). The Labute approximate surface area is 119 Å². The number of ether oxygens (including phenoxy) is 2. The molecule has 0 aromatic carbocycles. The lowest BCUT2D eigenvalue weighted by molar-refractivity contribution is -0.157. The molecule has 1 spiro atoms. The molecule has 2 heterocycles. The number of hydrogen-bond donors (Lipinski definition) is 1. The number of likely N-dealkylation sites (tertiary alicyclic amines) is 1. The Balaban J connectivity index is 1.99. The summed E-state index contributed by atoms with van der Waals surface area (Å²) in [6.45, 7) is 6.55. The number of nitrogens with zero attached hydrogens (tertiary/aromatic N) is 1. The average molecular weight is 285 g/mol. The standard InChI is InChI=1S/C14H23NO5/c1-13(2,3)20-12(18)15-8-4-6-14(9-15)7-5-10(19-14)11(16)17/h10H,4-9H2,1-3H3,(H,16,17)/t10-,14?/m1/s1. The van der Waals surface area contributed by atoms with E-state index in [1.165, 1.54) is 0 Å². The minimum Gasteiger partial charge on any atom is -0.479 e. The van der Waals surface area contributed by atoms with E-state index in [2.05, 4.69) is 0 Å². The zero-order chi connectivity index (χ0) is 15.0. The molecule has 1 N–H and O–H groups in total. The quantitative estimate of drug-likeness (QED) is 0.797. The van der Waals surface area contributed by atoms with Gasteiger partial charge < -0.3 is 19.5 Å². The number of rotatable bonds is 1. The highest BCUT2D eigenvalue weighted by molar-refractivity contribution is 5.73. The SMILES string of the molecule is CC(C)(C)OC(=O)N1CCCC2(CC[C@H](C(=O)O)O2)C1. The van der Waals surface area contributed by atoms with Crippen molar-refractivity contribution >= 4 is 12.1 Å². The van der Waals surface area contributed by atoms with Gasteiger partial charge in [0.05, 0.1) is 12.1 Å². The smallest absolute Gasteiger partial charge is 0.410 e. The van der Waals surface area contributed by atoms with Crippen molar-refractivity contribution in [3.05, 3.63) is 0 Å². The molecule has 6 nitrogen and oxygen atoms in total. The van der Waals surface area contributed by atoms with Crippen LogP contribution in [0.25, 0.3) is 0 Å². The fourth-order valence-electron chi connectivity index (χ4n) is 2.87. The van der Waals surface area contributed by atoms with Crippen molar-refractivity contribution in [2.45, 2.75) is 63.8 Å². The molecule has 0 bridgehead atoms. The molecule has 0 radical (unpaired) electrons. The van der Waals surface area contributed by atoms with Crippen LogP contribution in [0.5, 0.6) is 0 Å². The van der Waals surface area contributed by atoms with Crippen LogP contribution in [0.15, 0.2) is 0 Å². The van der Waals surface area contributed by atoms with Gasteiger partial charge >= 0.3 is 12.1 Å². The summed E-state index contributed by atoms with van der Waals surface area (Å²) >= 11 is 0. The van der Waals surface area contributed by atoms with Gasteiger partial charge in [0.1, 0.15) is 5.60 Å². The van der Waals surface area contributed by atoms with Crippen molar-refractivity contribution in [2.24, 2.45) is 0 Å². The summed E-state index contributed by atoms with van der Waals surface area (Å²) in [5.41, 5.74) is -1.03. The Kier molecular flexibility index (Phi) is 3.95. The van der Waals surface area contributed by atoms with Gasteiger partial charge in [0, 0.05) is 6.54 Å². The van der Waals surface area contributed by atoms with Crippen LogP contribution in [0.3, 0.4) is 0 Å². The van der Waals surface area contributed by atoms with E-state index in [0.29, 0.717) is 25.9 Å². The zero-order valence-electron chi connectivity index (χ0n) is 12.3. The van der Waals surface area contributed by atoms with E-state index in [1.807, 2.05) is 20.8 Å². The molecule has 114 valence electrons. The van der Waals surface area contributed by atoms with Gasteiger partial charge in [-0.05, 0) is 46.5 Å². The second-order valence-corrected chi connectivity index (χ2v) is 6.67. The molecule has 6 heteroatoms. The normalized spacial score (nSPS) is 30.6. The van der Waals surface area contributed by atoms with Gasteiger partial charge in [-0.1, -0.05) is 0 Å². The molecule has 2 aliphatic rings. The van der Waals surface area contributed by atoms with Gasteiger partial charge in [-0.25, -0.2) is 9.59 Å². The maximum Gasteiger partial charge on any atom is 0.410 e. The number of amides is 1. The van der Waals surface area contributed by atoms with Gasteiger partial charge in [0.2, 0.25) is 0 Å². The van der Waals surface area contributed by atoms with E-state index in [9.17, 15) is 9.59 Å². The first-order valence-corrected chi connectivity index (χ1v) is 7.09. The number of piperidine rings is 1. The zero-order valence-corrected chi connectivity index (χ0v) is 12.3.